The zero-order valence-corrected chi connectivity index (χ0v) is 15.5. The van der Waals surface area contributed by atoms with Crippen LogP contribution in [0.5, 0.6) is 11.5 Å². The predicted molar refractivity (Wildman–Crippen MR) is 102 cm³/mol. The van der Waals surface area contributed by atoms with Gasteiger partial charge in [0.1, 0.15) is 0 Å². The molecule has 1 aliphatic heterocycles. The molecular formula is C19H16FN3O3S. The molecule has 138 valence electrons. The Morgan fingerprint density at radius 3 is 2.96 bits per heavy atom. The topological polar surface area (TPSA) is 76.2 Å². The Bertz CT molecular complexity index is 1210. The highest BCUT2D eigenvalue weighted by Gasteiger charge is 2.17. The third-order valence-electron chi connectivity index (χ3n) is 4.37. The summed E-state index contributed by atoms with van der Waals surface area (Å²) in [6.45, 7) is 1.93. The third kappa shape index (κ3) is 3.12. The van der Waals surface area contributed by atoms with E-state index in [-0.39, 0.29) is 17.2 Å². The van der Waals surface area contributed by atoms with Gasteiger partial charge in [-0.05, 0) is 37.1 Å². The number of allylic oxidation sites excluding steroid dienone is 2. The molecule has 2 aromatic heterocycles. The summed E-state index contributed by atoms with van der Waals surface area (Å²) >= 11 is 1.23. The Morgan fingerprint density at radius 1 is 1.44 bits per heavy atom. The maximum atomic E-state index is 13.8. The lowest BCUT2D eigenvalue weighted by Gasteiger charge is -2.11. The monoisotopic (exact) mass is 385 g/mol. The lowest BCUT2D eigenvalue weighted by atomic mass is 10.00. The number of ether oxygens (including phenoxy) is 1. The van der Waals surface area contributed by atoms with E-state index in [4.69, 9.17) is 4.74 Å². The van der Waals surface area contributed by atoms with E-state index < -0.39 is 11.6 Å². The summed E-state index contributed by atoms with van der Waals surface area (Å²) in [5.41, 5.74) is 1.97. The molecule has 0 saturated heterocycles. The van der Waals surface area contributed by atoms with Crippen LogP contribution in [0.1, 0.15) is 30.5 Å². The van der Waals surface area contributed by atoms with Gasteiger partial charge >= 0.3 is 0 Å². The number of benzene rings is 1. The molecule has 0 aliphatic carbocycles. The van der Waals surface area contributed by atoms with Crippen molar-refractivity contribution in [1.82, 2.24) is 9.38 Å². The minimum atomic E-state index is -0.808. The highest BCUT2D eigenvalue weighted by molar-refractivity contribution is 7.15. The van der Waals surface area contributed by atoms with Crippen LogP contribution in [-0.4, -0.2) is 27.8 Å². The number of imidazole rings is 1. The lowest BCUT2D eigenvalue weighted by Crippen LogP contribution is -2.22. The number of aromatic hydroxyl groups is 1. The molecule has 1 aromatic carbocycles. The molecule has 1 unspecified atom stereocenters. The van der Waals surface area contributed by atoms with Crippen LogP contribution in [0.25, 0.3) is 11.0 Å². The van der Waals surface area contributed by atoms with Gasteiger partial charge in [0.25, 0.3) is 5.56 Å². The molecule has 3 heterocycles. The number of aliphatic imine (C=N–C) groups is 1. The number of thiazole rings is 1. The molecule has 6 nitrogen and oxygen atoms in total. The van der Waals surface area contributed by atoms with E-state index >= 15 is 0 Å². The van der Waals surface area contributed by atoms with Crippen molar-refractivity contribution in [3.63, 3.8) is 0 Å². The molecule has 8 heteroatoms. The van der Waals surface area contributed by atoms with Gasteiger partial charge in [0.2, 0.25) is 0 Å². The van der Waals surface area contributed by atoms with Crippen molar-refractivity contribution in [1.29, 1.82) is 0 Å². The molecular weight excluding hydrogens is 369 g/mol. The van der Waals surface area contributed by atoms with Crippen LogP contribution >= 0.6 is 11.3 Å². The number of fused-ring (bicyclic) bond motifs is 1. The number of nitrogens with zero attached hydrogens (tertiary/aromatic N) is 3. The first-order valence-electron chi connectivity index (χ1n) is 8.27. The normalized spacial score (nSPS) is 17.5. The van der Waals surface area contributed by atoms with E-state index in [2.05, 4.69) is 9.98 Å². The average Bonchev–Trinajstić information content (AvgIpc) is 3.18. The zero-order chi connectivity index (χ0) is 19.1. The largest absolute Gasteiger partial charge is 0.502 e. The molecule has 0 saturated carbocycles. The van der Waals surface area contributed by atoms with E-state index in [1.807, 2.05) is 19.2 Å². The molecule has 0 amide bonds. The quantitative estimate of drug-likeness (QED) is 0.752. The number of halogens is 1. The maximum absolute atomic E-state index is 13.8. The van der Waals surface area contributed by atoms with E-state index in [0.29, 0.717) is 15.1 Å². The van der Waals surface area contributed by atoms with Crippen molar-refractivity contribution in [2.24, 2.45) is 4.99 Å². The summed E-state index contributed by atoms with van der Waals surface area (Å²) in [5.74, 6) is -1.24. The van der Waals surface area contributed by atoms with Crippen LogP contribution in [0.4, 0.5) is 4.39 Å². The zero-order valence-electron chi connectivity index (χ0n) is 14.6. The number of hydrogen-bond donors (Lipinski definition) is 1. The molecule has 0 bridgehead atoms. The number of hydrogen-bond acceptors (Lipinski definition) is 6. The van der Waals surface area contributed by atoms with Gasteiger partial charge in [-0.15, -0.1) is 0 Å². The van der Waals surface area contributed by atoms with E-state index in [1.165, 1.54) is 28.9 Å². The number of phenolic OH excluding ortho intramolecular Hbond substituents is 1. The van der Waals surface area contributed by atoms with Gasteiger partial charge in [0.15, 0.2) is 22.3 Å². The highest BCUT2D eigenvalue weighted by Crippen LogP contribution is 2.30. The van der Waals surface area contributed by atoms with Crippen LogP contribution in [0.15, 0.2) is 39.9 Å². The van der Waals surface area contributed by atoms with Crippen LogP contribution in [-0.2, 0) is 0 Å². The van der Waals surface area contributed by atoms with Crippen molar-refractivity contribution in [2.75, 3.05) is 7.11 Å². The fraction of sp³-hybridized carbons (Fsp3) is 0.211. The van der Waals surface area contributed by atoms with Crippen LogP contribution < -0.4 is 14.8 Å². The Morgan fingerprint density at radius 2 is 2.26 bits per heavy atom. The number of aromatic nitrogens is 2. The smallest absolute Gasteiger partial charge is 0.274 e. The molecule has 0 radical (unpaired) electrons. The average molecular weight is 385 g/mol. The van der Waals surface area contributed by atoms with Crippen molar-refractivity contribution in [2.45, 2.75) is 19.3 Å². The van der Waals surface area contributed by atoms with Crippen LogP contribution in [0.3, 0.4) is 0 Å². The summed E-state index contributed by atoms with van der Waals surface area (Å²) in [4.78, 5) is 22.1. The fourth-order valence-electron chi connectivity index (χ4n) is 3.03. The molecule has 1 aliphatic rings. The van der Waals surface area contributed by atoms with Crippen molar-refractivity contribution in [3.8, 4) is 11.5 Å². The summed E-state index contributed by atoms with van der Waals surface area (Å²) in [6.07, 6.45) is 7.95. The minimum Gasteiger partial charge on any atom is -0.502 e. The number of methoxy groups -OCH3 is 1. The van der Waals surface area contributed by atoms with E-state index in [1.54, 1.807) is 12.3 Å². The predicted octanol–water partition coefficient (Wildman–Crippen LogP) is 2.62. The molecule has 0 fully saturated rings. The van der Waals surface area contributed by atoms with Crippen molar-refractivity contribution >= 4 is 28.6 Å². The lowest BCUT2D eigenvalue weighted by molar-refractivity contribution is 0.357. The van der Waals surface area contributed by atoms with Crippen LogP contribution in [0.2, 0.25) is 0 Å². The van der Waals surface area contributed by atoms with Crippen LogP contribution in [0, 0.1) is 5.82 Å². The maximum Gasteiger partial charge on any atom is 0.274 e. The molecule has 1 N–H and O–H groups in total. The second-order valence-electron chi connectivity index (χ2n) is 6.25. The van der Waals surface area contributed by atoms with Gasteiger partial charge < -0.3 is 9.84 Å². The Hall–Kier alpha value is -3.00. The highest BCUT2D eigenvalue weighted by atomic mass is 32.1. The van der Waals surface area contributed by atoms with Gasteiger partial charge in [-0.2, -0.15) is 0 Å². The summed E-state index contributed by atoms with van der Waals surface area (Å²) in [5, 5.41) is 9.60. The first-order valence-corrected chi connectivity index (χ1v) is 9.09. The summed E-state index contributed by atoms with van der Waals surface area (Å²) in [7, 11) is 1.34. The molecule has 0 spiro atoms. The Balaban J connectivity index is 1.76. The minimum absolute atomic E-state index is 0.0124. The molecule has 1 atom stereocenters. The molecule has 4 rings (SSSR count). The fourth-order valence-corrected chi connectivity index (χ4v) is 3.99. The van der Waals surface area contributed by atoms with Gasteiger partial charge in [-0.25, -0.2) is 9.37 Å². The summed E-state index contributed by atoms with van der Waals surface area (Å²) in [6, 6.07) is 2.63. The number of rotatable bonds is 3. The molecule has 27 heavy (non-hydrogen) atoms. The molecule has 3 aromatic rings. The first kappa shape index (κ1) is 17.4. The van der Waals surface area contributed by atoms with E-state index in [0.717, 1.165) is 23.9 Å². The van der Waals surface area contributed by atoms with Gasteiger partial charge in [0, 0.05) is 24.0 Å². The Labute approximate surface area is 157 Å². The number of phenols is 1. The first-order chi connectivity index (χ1) is 13.0. The summed E-state index contributed by atoms with van der Waals surface area (Å²) < 4.78 is 20.7. The standard InChI is InChI=1S/C19H16FN3O3S/c1-10-5-12(3-4-21-10)14-9-23-18(25)16(27-19(23)22-14)8-11-6-13(20)17(24)15(7-11)26-2/h4-9,12,24H,3H2,1-2H3/b16-8-. The third-order valence-corrected chi connectivity index (χ3v) is 5.35. The van der Waals surface area contributed by atoms with Crippen molar-refractivity contribution in [3.05, 3.63) is 62.1 Å². The second kappa shape index (κ2) is 6.62. The van der Waals surface area contributed by atoms with Gasteiger partial charge in [-0.3, -0.25) is 14.2 Å². The van der Waals surface area contributed by atoms with E-state index in [9.17, 15) is 14.3 Å². The Kier molecular flexibility index (Phi) is 4.27. The van der Waals surface area contributed by atoms with Gasteiger partial charge in [-0.1, -0.05) is 17.4 Å². The van der Waals surface area contributed by atoms with Crippen molar-refractivity contribution < 1.29 is 14.2 Å². The SMILES string of the molecule is COc1cc(/C=c2\sc3nc(C4C=C(C)N=CC4)cn3c2=O)cc(F)c1O. The van der Waals surface area contributed by atoms with Gasteiger partial charge in [0.05, 0.1) is 17.3 Å². The second-order valence-corrected chi connectivity index (χ2v) is 7.26.